The van der Waals surface area contributed by atoms with E-state index >= 15 is 0 Å². The number of ether oxygens (including phenoxy) is 2. The van der Waals surface area contributed by atoms with Gasteiger partial charge in [-0.3, -0.25) is 9.59 Å². The normalized spacial score (nSPS) is 10.2. The van der Waals surface area contributed by atoms with Crippen LogP contribution in [0.15, 0.2) is 48.5 Å². The molecule has 0 aliphatic rings. The van der Waals surface area contributed by atoms with Gasteiger partial charge in [-0.2, -0.15) is 0 Å². The number of nitrogens with one attached hydrogen (secondary N) is 2. The van der Waals surface area contributed by atoms with E-state index in [1.54, 1.807) is 42.5 Å². The zero-order valence-corrected chi connectivity index (χ0v) is 14.7. The average molecular weight is 357 g/mol. The molecule has 0 radical (unpaired) electrons. The van der Waals surface area contributed by atoms with Crippen molar-refractivity contribution in [2.75, 3.05) is 37.0 Å². The van der Waals surface area contributed by atoms with Gasteiger partial charge in [0.1, 0.15) is 12.4 Å². The Hall–Kier alpha value is -3.06. The molecule has 0 spiro atoms. The van der Waals surface area contributed by atoms with Crippen LogP contribution in [0.5, 0.6) is 5.75 Å². The summed E-state index contributed by atoms with van der Waals surface area (Å²) in [6.07, 6.45) is 0. The SMILES string of the molecule is CCOCCOc1cccc(NC(=O)CNc2cccc(C(N)=O)c2)c1. The van der Waals surface area contributed by atoms with Crippen LogP contribution in [0.2, 0.25) is 0 Å². The van der Waals surface area contributed by atoms with Crippen LogP contribution in [0.3, 0.4) is 0 Å². The number of amides is 2. The summed E-state index contributed by atoms with van der Waals surface area (Å²) < 4.78 is 10.8. The first-order valence-electron chi connectivity index (χ1n) is 8.32. The summed E-state index contributed by atoms with van der Waals surface area (Å²) in [5.74, 6) is -0.0789. The Kier molecular flexibility index (Phi) is 7.45. The van der Waals surface area contributed by atoms with Crippen molar-refractivity contribution in [2.24, 2.45) is 5.73 Å². The third-order valence-electron chi connectivity index (χ3n) is 3.42. The van der Waals surface area contributed by atoms with Crippen molar-refractivity contribution in [2.45, 2.75) is 6.92 Å². The summed E-state index contributed by atoms with van der Waals surface area (Å²) >= 11 is 0. The molecule has 2 amide bonds. The standard InChI is InChI=1S/C19H23N3O4/c1-2-25-9-10-26-17-8-4-7-16(12-17)22-18(23)13-21-15-6-3-5-14(11-15)19(20)24/h3-8,11-12,21H,2,9-10,13H2,1H3,(H2,20,24)(H,22,23). The fourth-order valence-electron chi connectivity index (χ4n) is 2.20. The summed E-state index contributed by atoms with van der Waals surface area (Å²) in [5, 5.41) is 5.74. The highest BCUT2D eigenvalue weighted by Gasteiger charge is 2.05. The van der Waals surface area contributed by atoms with E-state index in [4.69, 9.17) is 15.2 Å². The number of nitrogens with two attached hydrogens (primary N) is 1. The first kappa shape index (κ1) is 19.3. The van der Waals surface area contributed by atoms with Gasteiger partial charge in [0, 0.05) is 29.6 Å². The second-order valence-electron chi connectivity index (χ2n) is 5.42. The Morgan fingerprint density at radius 3 is 2.58 bits per heavy atom. The lowest BCUT2D eigenvalue weighted by Gasteiger charge is -2.10. The smallest absolute Gasteiger partial charge is 0.248 e. The van der Waals surface area contributed by atoms with E-state index in [-0.39, 0.29) is 12.5 Å². The topological polar surface area (TPSA) is 103 Å². The summed E-state index contributed by atoms with van der Waals surface area (Å²) in [7, 11) is 0. The van der Waals surface area contributed by atoms with Crippen LogP contribution in [0, 0.1) is 0 Å². The minimum absolute atomic E-state index is 0.0532. The Morgan fingerprint density at radius 2 is 1.81 bits per heavy atom. The minimum Gasteiger partial charge on any atom is -0.491 e. The van der Waals surface area contributed by atoms with Crippen molar-refractivity contribution in [3.8, 4) is 5.75 Å². The number of hydrogen-bond acceptors (Lipinski definition) is 5. The fraction of sp³-hybridized carbons (Fsp3) is 0.263. The Bertz CT molecular complexity index is 749. The van der Waals surface area contributed by atoms with E-state index in [9.17, 15) is 9.59 Å². The van der Waals surface area contributed by atoms with Gasteiger partial charge in [0.15, 0.2) is 0 Å². The lowest BCUT2D eigenvalue weighted by molar-refractivity contribution is -0.114. The quantitative estimate of drug-likeness (QED) is 0.566. The first-order valence-corrected chi connectivity index (χ1v) is 8.32. The fourth-order valence-corrected chi connectivity index (χ4v) is 2.20. The zero-order chi connectivity index (χ0) is 18.8. The molecular weight excluding hydrogens is 334 g/mol. The highest BCUT2D eigenvalue weighted by Crippen LogP contribution is 2.17. The minimum atomic E-state index is -0.515. The van der Waals surface area contributed by atoms with E-state index in [0.29, 0.717) is 42.5 Å². The molecule has 0 bridgehead atoms. The van der Waals surface area contributed by atoms with Crippen molar-refractivity contribution in [1.82, 2.24) is 0 Å². The van der Waals surface area contributed by atoms with Crippen molar-refractivity contribution >= 4 is 23.2 Å². The van der Waals surface area contributed by atoms with Gasteiger partial charge >= 0.3 is 0 Å². The molecule has 0 unspecified atom stereocenters. The highest BCUT2D eigenvalue weighted by molar-refractivity contribution is 5.95. The molecule has 0 aliphatic carbocycles. The van der Waals surface area contributed by atoms with Gasteiger partial charge in [0.25, 0.3) is 0 Å². The third kappa shape index (κ3) is 6.45. The van der Waals surface area contributed by atoms with Crippen LogP contribution >= 0.6 is 0 Å². The van der Waals surface area contributed by atoms with Crippen LogP contribution < -0.4 is 21.1 Å². The first-order chi connectivity index (χ1) is 12.6. The van der Waals surface area contributed by atoms with Crippen LogP contribution in [0.25, 0.3) is 0 Å². The summed E-state index contributed by atoms with van der Waals surface area (Å²) in [5.41, 5.74) is 6.90. The molecule has 0 heterocycles. The third-order valence-corrected chi connectivity index (χ3v) is 3.42. The van der Waals surface area contributed by atoms with Gasteiger partial charge in [-0.25, -0.2) is 0 Å². The number of benzene rings is 2. The van der Waals surface area contributed by atoms with Crippen molar-refractivity contribution in [3.05, 3.63) is 54.1 Å². The zero-order valence-electron chi connectivity index (χ0n) is 14.7. The van der Waals surface area contributed by atoms with Gasteiger partial charge in [-0.15, -0.1) is 0 Å². The molecule has 0 saturated heterocycles. The van der Waals surface area contributed by atoms with Gasteiger partial charge in [-0.1, -0.05) is 12.1 Å². The van der Waals surface area contributed by atoms with E-state index < -0.39 is 5.91 Å². The van der Waals surface area contributed by atoms with Crippen LogP contribution in [0.4, 0.5) is 11.4 Å². The van der Waals surface area contributed by atoms with Gasteiger partial charge in [-0.05, 0) is 37.3 Å². The summed E-state index contributed by atoms with van der Waals surface area (Å²) in [4.78, 5) is 23.3. The largest absolute Gasteiger partial charge is 0.491 e. The number of primary amides is 1. The molecular formula is C19H23N3O4. The molecule has 4 N–H and O–H groups in total. The molecule has 138 valence electrons. The molecule has 0 saturated carbocycles. The summed E-state index contributed by atoms with van der Waals surface area (Å²) in [6, 6.07) is 13.8. The van der Waals surface area contributed by atoms with E-state index in [1.807, 2.05) is 13.0 Å². The van der Waals surface area contributed by atoms with Crippen LogP contribution in [-0.4, -0.2) is 38.2 Å². The van der Waals surface area contributed by atoms with Crippen LogP contribution in [0.1, 0.15) is 17.3 Å². The molecule has 0 aliphatic heterocycles. The van der Waals surface area contributed by atoms with Crippen molar-refractivity contribution < 1.29 is 19.1 Å². The second-order valence-corrected chi connectivity index (χ2v) is 5.42. The average Bonchev–Trinajstić information content (AvgIpc) is 2.64. The maximum atomic E-state index is 12.1. The van der Waals surface area contributed by atoms with E-state index in [0.717, 1.165) is 0 Å². The molecule has 2 rings (SSSR count). The predicted octanol–water partition coefficient (Wildman–Crippen LogP) is 2.25. The van der Waals surface area contributed by atoms with E-state index in [1.165, 1.54) is 0 Å². The molecule has 2 aromatic rings. The number of hydrogen-bond donors (Lipinski definition) is 3. The molecule has 2 aromatic carbocycles. The number of carbonyl (C=O) groups excluding carboxylic acids is 2. The Labute approximate surface area is 152 Å². The van der Waals surface area contributed by atoms with Gasteiger partial charge in [0.05, 0.1) is 13.2 Å². The maximum Gasteiger partial charge on any atom is 0.248 e. The van der Waals surface area contributed by atoms with Crippen molar-refractivity contribution in [3.63, 3.8) is 0 Å². The lowest BCUT2D eigenvalue weighted by Crippen LogP contribution is -2.22. The molecule has 7 heteroatoms. The lowest BCUT2D eigenvalue weighted by atomic mass is 10.2. The van der Waals surface area contributed by atoms with Crippen LogP contribution in [-0.2, 0) is 9.53 Å². The molecule has 7 nitrogen and oxygen atoms in total. The number of anilines is 2. The van der Waals surface area contributed by atoms with E-state index in [2.05, 4.69) is 10.6 Å². The second kappa shape index (κ2) is 10.0. The van der Waals surface area contributed by atoms with Gasteiger partial charge in [0.2, 0.25) is 11.8 Å². The maximum absolute atomic E-state index is 12.1. The molecule has 26 heavy (non-hydrogen) atoms. The molecule has 0 fully saturated rings. The summed E-state index contributed by atoms with van der Waals surface area (Å²) in [6.45, 7) is 3.59. The van der Waals surface area contributed by atoms with Gasteiger partial charge < -0.3 is 25.8 Å². The Balaban J connectivity index is 1.84. The molecule has 0 atom stereocenters. The highest BCUT2D eigenvalue weighted by atomic mass is 16.5. The Morgan fingerprint density at radius 1 is 1.04 bits per heavy atom. The molecule has 0 aromatic heterocycles. The number of carbonyl (C=O) groups is 2. The predicted molar refractivity (Wildman–Crippen MR) is 101 cm³/mol. The monoisotopic (exact) mass is 357 g/mol. The number of rotatable bonds is 10. The van der Waals surface area contributed by atoms with Crippen molar-refractivity contribution in [1.29, 1.82) is 0 Å².